The van der Waals surface area contributed by atoms with E-state index in [0.29, 0.717) is 25.2 Å². The molecule has 3 aromatic rings. The highest BCUT2D eigenvalue weighted by atomic mass is 16.6. The lowest BCUT2D eigenvalue weighted by molar-refractivity contribution is 0.00910. The molecule has 172 valence electrons. The topological polar surface area (TPSA) is 65.6 Å². The van der Waals surface area contributed by atoms with E-state index in [1.807, 2.05) is 49.9 Å². The predicted molar refractivity (Wildman–Crippen MR) is 128 cm³/mol. The van der Waals surface area contributed by atoms with E-state index in [1.165, 1.54) is 11.1 Å². The second-order valence-electron chi connectivity index (χ2n) is 9.74. The van der Waals surface area contributed by atoms with Gasteiger partial charge in [-0.2, -0.15) is 0 Å². The fourth-order valence-electron chi connectivity index (χ4n) is 4.73. The number of hydrogen-bond donors (Lipinski definition) is 1. The van der Waals surface area contributed by atoms with Crippen LogP contribution in [0.3, 0.4) is 0 Å². The van der Waals surface area contributed by atoms with Crippen LogP contribution in [0.5, 0.6) is 0 Å². The minimum Gasteiger partial charge on any atom is -0.443 e. The second kappa shape index (κ2) is 8.25. The SMILES string of the molecule is CCC(C)(C)OC(=O)N1CCc2[nH]c3ccc(C(=O)N4CCc5ccccc5C4)cc3c2C1. The van der Waals surface area contributed by atoms with Crippen LogP contribution in [-0.4, -0.2) is 45.5 Å². The summed E-state index contributed by atoms with van der Waals surface area (Å²) >= 11 is 0. The number of aromatic nitrogens is 1. The fourth-order valence-corrected chi connectivity index (χ4v) is 4.73. The molecule has 2 amide bonds. The van der Waals surface area contributed by atoms with Gasteiger partial charge in [0.05, 0.1) is 6.54 Å². The van der Waals surface area contributed by atoms with Gasteiger partial charge in [-0.15, -0.1) is 0 Å². The van der Waals surface area contributed by atoms with Crippen molar-refractivity contribution < 1.29 is 14.3 Å². The van der Waals surface area contributed by atoms with Crippen molar-refractivity contribution in [3.05, 3.63) is 70.4 Å². The average Bonchev–Trinajstić information content (AvgIpc) is 3.20. The molecule has 0 atom stereocenters. The van der Waals surface area contributed by atoms with Gasteiger partial charge < -0.3 is 19.5 Å². The Bertz CT molecular complexity index is 1230. The van der Waals surface area contributed by atoms with E-state index in [1.54, 1.807) is 4.90 Å². The first-order valence-corrected chi connectivity index (χ1v) is 11.8. The summed E-state index contributed by atoms with van der Waals surface area (Å²) in [6.07, 6.45) is 2.12. The summed E-state index contributed by atoms with van der Waals surface area (Å²) in [7, 11) is 0. The monoisotopic (exact) mass is 445 g/mol. The van der Waals surface area contributed by atoms with Gasteiger partial charge in [0, 0.05) is 53.8 Å². The second-order valence-corrected chi connectivity index (χ2v) is 9.74. The smallest absolute Gasteiger partial charge is 0.410 e. The van der Waals surface area contributed by atoms with Crippen molar-refractivity contribution in [3.8, 4) is 0 Å². The maximum Gasteiger partial charge on any atom is 0.410 e. The molecular weight excluding hydrogens is 414 g/mol. The van der Waals surface area contributed by atoms with E-state index in [-0.39, 0.29) is 12.0 Å². The highest BCUT2D eigenvalue weighted by Gasteiger charge is 2.29. The van der Waals surface area contributed by atoms with Gasteiger partial charge in [0.15, 0.2) is 0 Å². The van der Waals surface area contributed by atoms with Gasteiger partial charge in [-0.05, 0) is 56.0 Å². The third kappa shape index (κ3) is 4.10. The van der Waals surface area contributed by atoms with Crippen LogP contribution in [0.25, 0.3) is 10.9 Å². The average molecular weight is 446 g/mol. The van der Waals surface area contributed by atoms with E-state index in [0.717, 1.165) is 48.0 Å². The van der Waals surface area contributed by atoms with Crippen LogP contribution in [-0.2, 0) is 30.7 Å². The Morgan fingerprint density at radius 2 is 1.76 bits per heavy atom. The maximum absolute atomic E-state index is 13.3. The summed E-state index contributed by atoms with van der Waals surface area (Å²) in [6.45, 7) is 8.36. The first-order chi connectivity index (χ1) is 15.8. The van der Waals surface area contributed by atoms with Crippen LogP contribution in [0.4, 0.5) is 4.79 Å². The predicted octanol–water partition coefficient (Wildman–Crippen LogP) is 5.05. The summed E-state index contributed by atoms with van der Waals surface area (Å²) in [4.78, 5) is 33.3. The van der Waals surface area contributed by atoms with Crippen molar-refractivity contribution in [1.82, 2.24) is 14.8 Å². The number of ether oxygens (including phenoxy) is 1. The first-order valence-electron chi connectivity index (χ1n) is 11.8. The molecule has 3 heterocycles. The molecule has 2 aliphatic rings. The molecule has 2 aliphatic heterocycles. The molecule has 5 rings (SSSR count). The zero-order valence-corrected chi connectivity index (χ0v) is 19.6. The van der Waals surface area contributed by atoms with Gasteiger partial charge in [-0.3, -0.25) is 4.79 Å². The molecule has 1 aromatic heterocycles. The van der Waals surface area contributed by atoms with Crippen LogP contribution in [0.15, 0.2) is 42.5 Å². The number of benzene rings is 2. The highest BCUT2D eigenvalue weighted by Crippen LogP contribution is 2.30. The standard InChI is InChI=1S/C27H31N3O3/c1-4-27(2,3)33-26(32)30-14-12-24-22(17-30)21-15-19(9-10-23(21)28-24)25(31)29-13-11-18-7-5-6-8-20(18)16-29/h5-10,15,28H,4,11-14,16-17H2,1-3H3. The van der Waals surface area contributed by atoms with Crippen LogP contribution in [0, 0.1) is 0 Å². The number of rotatable bonds is 3. The number of aromatic amines is 1. The normalized spacial score (nSPS) is 15.8. The van der Waals surface area contributed by atoms with Crippen molar-refractivity contribution in [2.45, 2.75) is 58.7 Å². The molecule has 6 heteroatoms. The van der Waals surface area contributed by atoms with Gasteiger partial charge in [-0.25, -0.2) is 4.79 Å². The van der Waals surface area contributed by atoms with Gasteiger partial charge >= 0.3 is 6.09 Å². The minimum absolute atomic E-state index is 0.0538. The summed E-state index contributed by atoms with van der Waals surface area (Å²) < 4.78 is 5.72. The van der Waals surface area contributed by atoms with Gasteiger partial charge in [0.1, 0.15) is 5.60 Å². The van der Waals surface area contributed by atoms with Crippen molar-refractivity contribution in [2.24, 2.45) is 0 Å². The van der Waals surface area contributed by atoms with Crippen molar-refractivity contribution >= 4 is 22.9 Å². The number of carbonyl (C=O) groups is 2. The Morgan fingerprint density at radius 3 is 2.55 bits per heavy atom. The Hall–Kier alpha value is -3.28. The molecule has 6 nitrogen and oxygen atoms in total. The van der Waals surface area contributed by atoms with Gasteiger partial charge in [-0.1, -0.05) is 31.2 Å². The lowest BCUT2D eigenvalue weighted by atomic mass is 9.98. The Morgan fingerprint density at radius 1 is 1.00 bits per heavy atom. The number of fused-ring (bicyclic) bond motifs is 4. The summed E-state index contributed by atoms with van der Waals surface area (Å²) in [5.41, 5.74) is 5.99. The molecule has 0 fully saturated rings. The molecule has 1 N–H and O–H groups in total. The first kappa shape index (κ1) is 21.6. The zero-order valence-electron chi connectivity index (χ0n) is 19.6. The van der Waals surface area contributed by atoms with Gasteiger partial charge in [0.25, 0.3) is 5.91 Å². The fraction of sp³-hybridized carbons (Fsp3) is 0.407. The molecule has 0 saturated carbocycles. The number of H-pyrrole nitrogens is 1. The number of nitrogens with zero attached hydrogens (tertiary/aromatic N) is 2. The van der Waals surface area contributed by atoms with E-state index < -0.39 is 5.60 Å². The molecule has 0 unspecified atom stereocenters. The van der Waals surface area contributed by atoms with Crippen LogP contribution in [0.1, 0.15) is 59.9 Å². The van der Waals surface area contributed by atoms with E-state index >= 15 is 0 Å². The summed E-state index contributed by atoms with van der Waals surface area (Å²) in [6, 6.07) is 14.2. The number of carbonyl (C=O) groups excluding carboxylic acids is 2. The molecule has 2 aromatic carbocycles. The van der Waals surface area contributed by atoms with Crippen LogP contribution >= 0.6 is 0 Å². The Balaban J connectivity index is 1.38. The molecule has 0 aliphatic carbocycles. The number of nitrogens with one attached hydrogen (secondary N) is 1. The number of hydrogen-bond acceptors (Lipinski definition) is 3. The Labute approximate surface area is 194 Å². The van der Waals surface area contributed by atoms with Crippen molar-refractivity contribution in [1.29, 1.82) is 0 Å². The largest absolute Gasteiger partial charge is 0.443 e. The summed E-state index contributed by atoms with van der Waals surface area (Å²) in [5.74, 6) is 0.0538. The molecule has 33 heavy (non-hydrogen) atoms. The van der Waals surface area contributed by atoms with Crippen LogP contribution < -0.4 is 0 Å². The third-order valence-electron chi connectivity index (χ3n) is 7.11. The molecule has 0 bridgehead atoms. The molecule has 0 spiro atoms. The summed E-state index contributed by atoms with van der Waals surface area (Å²) in [5, 5.41) is 1.01. The lowest BCUT2D eigenvalue weighted by Gasteiger charge is -2.31. The number of amides is 2. The minimum atomic E-state index is -0.482. The Kier molecular flexibility index (Phi) is 5.39. The van der Waals surface area contributed by atoms with E-state index in [9.17, 15) is 9.59 Å². The van der Waals surface area contributed by atoms with E-state index in [2.05, 4.69) is 23.2 Å². The third-order valence-corrected chi connectivity index (χ3v) is 7.11. The molecule has 0 saturated heterocycles. The van der Waals surface area contributed by atoms with Crippen LogP contribution in [0.2, 0.25) is 0 Å². The lowest BCUT2D eigenvalue weighted by Crippen LogP contribution is -2.40. The van der Waals surface area contributed by atoms with Crippen molar-refractivity contribution in [2.75, 3.05) is 13.1 Å². The zero-order chi connectivity index (χ0) is 23.2. The highest BCUT2D eigenvalue weighted by molar-refractivity contribution is 5.99. The molecular formula is C27H31N3O3. The maximum atomic E-state index is 13.3. The quantitative estimate of drug-likeness (QED) is 0.614. The molecule has 0 radical (unpaired) electrons. The van der Waals surface area contributed by atoms with Gasteiger partial charge in [0.2, 0.25) is 0 Å². The van der Waals surface area contributed by atoms with Crippen molar-refractivity contribution in [3.63, 3.8) is 0 Å². The van der Waals surface area contributed by atoms with E-state index in [4.69, 9.17) is 4.74 Å².